The maximum atomic E-state index is 12.4. The first-order chi connectivity index (χ1) is 11.7. The van der Waals surface area contributed by atoms with Gasteiger partial charge in [0, 0.05) is 36.3 Å². The van der Waals surface area contributed by atoms with Gasteiger partial charge in [0.05, 0.1) is 11.6 Å². The third-order valence-electron chi connectivity index (χ3n) is 4.75. The molecular weight excluding hydrogens is 320 g/mol. The summed E-state index contributed by atoms with van der Waals surface area (Å²) in [5.74, 6) is 1.34. The quantitative estimate of drug-likeness (QED) is 0.932. The zero-order chi connectivity index (χ0) is 16.5. The van der Waals surface area contributed by atoms with Crippen molar-refractivity contribution in [1.29, 1.82) is 0 Å². The van der Waals surface area contributed by atoms with Crippen molar-refractivity contribution < 1.29 is 4.79 Å². The average Bonchev–Trinajstić information content (AvgIpc) is 3.17. The summed E-state index contributed by atoms with van der Waals surface area (Å²) in [6.07, 6.45) is 4.18. The first-order valence-electron chi connectivity index (χ1n) is 8.49. The van der Waals surface area contributed by atoms with Gasteiger partial charge in [-0.3, -0.25) is 4.79 Å². The number of aryl methyl sites for hydroxylation is 1. The van der Waals surface area contributed by atoms with E-state index < -0.39 is 0 Å². The van der Waals surface area contributed by atoms with E-state index in [9.17, 15) is 4.79 Å². The molecule has 1 aromatic heterocycles. The van der Waals surface area contributed by atoms with E-state index in [0.717, 1.165) is 60.3 Å². The SMILES string of the molecule is CN1CCCC(C(=O)Nc2ccc(-c3cn4c(n3)SCC4)cc2)C1. The minimum Gasteiger partial charge on any atom is -0.326 e. The summed E-state index contributed by atoms with van der Waals surface area (Å²) in [6, 6.07) is 8.01. The number of rotatable bonds is 3. The second-order valence-electron chi connectivity index (χ2n) is 6.62. The van der Waals surface area contributed by atoms with Gasteiger partial charge < -0.3 is 14.8 Å². The summed E-state index contributed by atoms with van der Waals surface area (Å²) in [6.45, 7) is 2.98. The Kier molecular flexibility index (Phi) is 4.33. The van der Waals surface area contributed by atoms with Crippen LogP contribution in [0.2, 0.25) is 0 Å². The number of aromatic nitrogens is 2. The Labute approximate surface area is 146 Å². The number of imidazole rings is 1. The fourth-order valence-corrected chi connectivity index (χ4v) is 4.34. The summed E-state index contributed by atoms with van der Waals surface area (Å²) >= 11 is 1.80. The van der Waals surface area contributed by atoms with Crippen LogP contribution >= 0.6 is 11.8 Å². The molecule has 0 bridgehead atoms. The van der Waals surface area contributed by atoms with E-state index in [0.29, 0.717) is 0 Å². The standard InChI is InChI=1S/C18H22N4OS/c1-21-8-2-3-14(11-21)17(23)19-15-6-4-13(5-7-15)16-12-22-9-10-24-18(22)20-16/h4-7,12,14H,2-3,8-11H2,1H3,(H,19,23). The molecule has 2 aliphatic rings. The van der Waals surface area contributed by atoms with Crippen LogP contribution in [0, 0.1) is 5.92 Å². The Balaban J connectivity index is 1.42. The topological polar surface area (TPSA) is 50.2 Å². The monoisotopic (exact) mass is 342 g/mol. The third-order valence-corrected chi connectivity index (χ3v) is 5.72. The van der Waals surface area contributed by atoms with Crippen LogP contribution in [0.4, 0.5) is 5.69 Å². The minimum atomic E-state index is 0.0940. The molecule has 1 amide bonds. The fourth-order valence-electron chi connectivity index (χ4n) is 3.40. The lowest BCUT2D eigenvalue weighted by Gasteiger charge is -2.28. The largest absolute Gasteiger partial charge is 0.326 e. The van der Waals surface area contributed by atoms with Gasteiger partial charge in [-0.1, -0.05) is 23.9 Å². The van der Waals surface area contributed by atoms with E-state index in [2.05, 4.69) is 33.0 Å². The molecule has 0 saturated carbocycles. The van der Waals surface area contributed by atoms with Gasteiger partial charge in [0.25, 0.3) is 0 Å². The van der Waals surface area contributed by atoms with Gasteiger partial charge in [-0.05, 0) is 38.6 Å². The first-order valence-corrected chi connectivity index (χ1v) is 9.47. The maximum Gasteiger partial charge on any atom is 0.228 e. The molecule has 1 N–H and O–H groups in total. The van der Waals surface area contributed by atoms with Crippen LogP contribution in [-0.2, 0) is 11.3 Å². The molecule has 1 atom stereocenters. The number of nitrogens with zero attached hydrogens (tertiary/aromatic N) is 3. The summed E-state index contributed by atoms with van der Waals surface area (Å²) in [7, 11) is 2.08. The highest BCUT2D eigenvalue weighted by atomic mass is 32.2. The van der Waals surface area contributed by atoms with Gasteiger partial charge in [-0.25, -0.2) is 4.98 Å². The van der Waals surface area contributed by atoms with Crippen molar-refractivity contribution in [2.75, 3.05) is 31.2 Å². The summed E-state index contributed by atoms with van der Waals surface area (Å²) in [5.41, 5.74) is 2.95. The Bertz CT molecular complexity index is 718. The number of nitrogens with one attached hydrogen (secondary N) is 1. The van der Waals surface area contributed by atoms with E-state index in [1.54, 1.807) is 11.8 Å². The van der Waals surface area contributed by atoms with Crippen LogP contribution in [0.1, 0.15) is 12.8 Å². The number of carbonyl (C=O) groups is 1. The number of carbonyl (C=O) groups excluding carboxylic acids is 1. The van der Waals surface area contributed by atoms with Crippen molar-refractivity contribution in [2.24, 2.45) is 5.92 Å². The molecule has 1 aromatic carbocycles. The number of hydrogen-bond donors (Lipinski definition) is 1. The molecule has 0 radical (unpaired) electrons. The lowest BCUT2D eigenvalue weighted by Crippen LogP contribution is -2.38. The molecule has 0 spiro atoms. The lowest BCUT2D eigenvalue weighted by atomic mass is 9.97. The number of benzene rings is 1. The van der Waals surface area contributed by atoms with Gasteiger partial charge in [-0.15, -0.1) is 0 Å². The molecule has 1 fully saturated rings. The smallest absolute Gasteiger partial charge is 0.228 e. The second kappa shape index (κ2) is 6.61. The molecule has 1 saturated heterocycles. The van der Waals surface area contributed by atoms with Crippen LogP contribution in [0.15, 0.2) is 35.6 Å². The molecule has 1 unspecified atom stereocenters. The van der Waals surface area contributed by atoms with E-state index in [4.69, 9.17) is 0 Å². The van der Waals surface area contributed by atoms with Gasteiger partial charge in [0.15, 0.2) is 5.16 Å². The van der Waals surface area contributed by atoms with Crippen LogP contribution in [0.25, 0.3) is 11.3 Å². The number of likely N-dealkylation sites (tertiary alicyclic amines) is 1. The Hall–Kier alpha value is -1.79. The average molecular weight is 342 g/mol. The third kappa shape index (κ3) is 3.21. The Morgan fingerprint density at radius 3 is 2.88 bits per heavy atom. The number of fused-ring (bicyclic) bond motifs is 1. The zero-order valence-corrected chi connectivity index (χ0v) is 14.7. The Morgan fingerprint density at radius 1 is 1.29 bits per heavy atom. The summed E-state index contributed by atoms with van der Waals surface area (Å²) in [4.78, 5) is 19.3. The summed E-state index contributed by atoms with van der Waals surface area (Å²) in [5, 5.41) is 4.16. The zero-order valence-electron chi connectivity index (χ0n) is 13.9. The van der Waals surface area contributed by atoms with Crippen LogP contribution in [-0.4, -0.2) is 46.2 Å². The number of thioether (sulfide) groups is 1. The molecule has 2 aliphatic heterocycles. The molecular formula is C18H22N4OS. The molecule has 6 heteroatoms. The van der Waals surface area contributed by atoms with Crippen molar-refractivity contribution in [3.63, 3.8) is 0 Å². The highest BCUT2D eigenvalue weighted by Crippen LogP contribution is 2.29. The molecule has 0 aliphatic carbocycles. The maximum absolute atomic E-state index is 12.4. The van der Waals surface area contributed by atoms with Crippen molar-refractivity contribution in [3.05, 3.63) is 30.5 Å². The van der Waals surface area contributed by atoms with Gasteiger partial charge in [0.2, 0.25) is 5.91 Å². The summed E-state index contributed by atoms with van der Waals surface area (Å²) < 4.78 is 2.20. The van der Waals surface area contributed by atoms with E-state index in [-0.39, 0.29) is 11.8 Å². The van der Waals surface area contributed by atoms with Crippen molar-refractivity contribution >= 4 is 23.4 Å². The lowest BCUT2D eigenvalue weighted by molar-refractivity contribution is -0.121. The second-order valence-corrected chi connectivity index (χ2v) is 7.68. The van der Waals surface area contributed by atoms with Gasteiger partial charge >= 0.3 is 0 Å². The number of anilines is 1. The minimum absolute atomic E-state index is 0.0940. The molecule has 126 valence electrons. The normalized spacial score (nSPS) is 20.8. The molecule has 4 rings (SSSR count). The highest BCUT2D eigenvalue weighted by molar-refractivity contribution is 7.99. The number of amides is 1. The van der Waals surface area contributed by atoms with E-state index >= 15 is 0 Å². The number of piperidine rings is 1. The van der Waals surface area contributed by atoms with Crippen molar-refractivity contribution in [2.45, 2.75) is 24.5 Å². The molecule has 2 aromatic rings. The predicted octanol–water partition coefficient (Wildman–Crippen LogP) is 2.94. The van der Waals surface area contributed by atoms with Crippen LogP contribution in [0.3, 0.4) is 0 Å². The van der Waals surface area contributed by atoms with E-state index in [1.807, 2.05) is 24.3 Å². The van der Waals surface area contributed by atoms with Crippen molar-refractivity contribution in [3.8, 4) is 11.3 Å². The van der Waals surface area contributed by atoms with Crippen LogP contribution in [0.5, 0.6) is 0 Å². The van der Waals surface area contributed by atoms with Crippen LogP contribution < -0.4 is 5.32 Å². The van der Waals surface area contributed by atoms with Gasteiger partial charge in [-0.2, -0.15) is 0 Å². The molecule has 24 heavy (non-hydrogen) atoms. The highest BCUT2D eigenvalue weighted by Gasteiger charge is 2.24. The molecule has 3 heterocycles. The molecule has 5 nitrogen and oxygen atoms in total. The van der Waals surface area contributed by atoms with E-state index in [1.165, 1.54) is 0 Å². The Morgan fingerprint density at radius 2 is 2.12 bits per heavy atom. The predicted molar refractivity (Wildman–Crippen MR) is 97.2 cm³/mol. The first kappa shape index (κ1) is 15.7. The van der Waals surface area contributed by atoms with Gasteiger partial charge in [0.1, 0.15) is 0 Å². The fraction of sp³-hybridized carbons (Fsp3) is 0.444. The van der Waals surface area contributed by atoms with Crippen molar-refractivity contribution in [1.82, 2.24) is 14.5 Å². The number of hydrogen-bond acceptors (Lipinski definition) is 4.